The molecular weight excluding hydrogens is 331 g/mol. The third-order valence-corrected chi connectivity index (χ3v) is 5.27. The van der Waals surface area contributed by atoms with Gasteiger partial charge in [0.1, 0.15) is 4.88 Å². The summed E-state index contributed by atoms with van der Waals surface area (Å²) in [6, 6.07) is -0.212. The molecule has 0 amide bonds. The minimum atomic E-state index is -4.17. The van der Waals surface area contributed by atoms with Gasteiger partial charge in [-0.05, 0) is 19.8 Å². The predicted molar refractivity (Wildman–Crippen MR) is 79.9 cm³/mol. The second-order valence-electron chi connectivity index (χ2n) is 5.81. The van der Waals surface area contributed by atoms with Gasteiger partial charge in [0.2, 0.25) is 0 Å². The zero-order chi connectivity index (χ0) is 16.6. The summed E-state index contributed by atoms with van der Waals surface area (Å²) in [5, 5.41) is 0.677. The molecule has 2 fully saturated rings. The lowest BCUT2D eigenvalue weighted by Crippen LogP contribution is -2.56. The summed E-state index contributed by atoms with van der Waals surface area (Å²) >= 11 is 1.23. The zero-order valence-electron chi connectivity index (χ0n) is 12.7. The van der Waals surface area contributed by atoms with Crippen molar-refractivity contribution in [1.82, 2.24) is 9.88 Å². The molecule has 0 aliphatic carbocycles. The minimum absolute atomic E-state index is 0.106. The van der Waals surface area contributed by atoms with E-state index in [0.29, 0.717) is 29.7 Å². The van der Waals surface area contributed by atoms with E-state index in [1.807, 2.05) is 4.90 Å². The van der Waals surface area contributed by atoms with Crippen molar-refractivity contribution in [2.24, 2.45) is 0 Å². The van der Waals surface area contributed by atoms with E-state index in [2.05, 4.69) is 4.98 Å². The second kappa shape index (κ2) is 6.27. The van der Waals surface area contributed by atoms with Crippen molar-refractivity contribution in [2.45, 2.75) is 38.0 Å². The van der Waals surface area contributed by atoms with Gasteiger partial charge in [0, 0.05) is 25.2 Å². The highest BCUT2D eigenvalue weighted by Gasteiger charge is 2.45. The van der Waals surface area contributed by atoms with Gasteiger partial charge < -0.3 is 9.64 Å². The molecule has 3 rings (SSSR count). The van der Waals surface area contributed by atoms with Gasteiger partial charge in [0.15, 0.2) is 5.13 Å². The van der Waals surface area contributed by atoms with Crippen molar-refractivity contribution in [2.75, 3.05) is 31.1 Å². The van der Waals surface area contributed by atoms with Crippen LogP contribution in [0.4, 0.5) is 18.3 Å². The molecule has 2 aliphatic rings. The number of piperazine rings is 1. The normalized spacial score (nSPS) is 25.0. The van der Waals surface area contributed by atoms with E-state index in [1.165, 1.54) is 17.5 Å². The number of ether oxygens (including phenoxy) is 1. The number of aromatic nitrogens is 1. The number of fused-ring (bicyclic) bond motifs is 2. The summed E-state index contributed by atoms with van der Waals surface area (Å²) in [7, 11) is 0. The van der Waals surface area contributed by atoms with E-state index < -0.39 is 18.7 Å². The van der Waals surface area contributed by atoms with Crippen molar-refractivity contribution in [1.29, 1.82) is 0 Å². The lowest BCUT2D eigenvalue weighted by Gasteiger charge is -2.41. The second-order valence-corrected chi connectivity index (χ2v) is 6.81. The number of nitrogens with zero attached hydrogens (tertiary/aromatic N) is 3. The van der Waals surface area contributed by atoms with Crippen LogP contribution in [0.5, 0.6) is 0 Å². The van der Waals surface area contributed by atoms with Gasteiger partial charge in [-0.15, -0.1) is 0 Å². The summed E-state index contributed by atoms with van der Waals surface area (Å²) in [6.45, 7) is 2.22. The highest BCUT2D eigenvalue weighted by Crippen LogP contribution is 2.36. The maximum Gasteiger partial charge on any atom is 0.401 e. The Morgan fingerprint density at radius 3 is 2.61 bits per heavy atom. The van der Waals surface area contributed by atoms with Crippen molar-refractivity contribution in [3.63, 3.8) is 0 Å². The molecule has 0 saturated carbocycles. The standard InChI is InChI=1S/C14H18F3N3O2S/c1-2-22-12(21)11-5-18-13(23-11)19-6-9-3-4-10(7-19)20(9)8-14(15,16)17/h5,9-10H,2-4,6-8H2,1H3. The first-order valence-electron chi connectivity index (χ1n) is 7.57. The molecule has 2 saturated heterocycles. The zero-order valence-corrected chi connectivity index (χ0v) is 13.5. The number of carbonyl (C=O) groups excluding carboxylic acids is 1. The van der Waals surface area contributed by atoms with Crippen LogP contribution in [0, 0.1) is 0 Å². The first kappa shape index (κ1) is 16.5. The molecule has 23 heavy (non-hydrogen) atoms. The van der Waals surface area contributed by atoms with E-state index in [4.69, 9.17) is 4.74 Å². The monoisotopic (exact) mass is 349 g/mol. The minimum Gasteiger partial charge on any atom is -0.462 e. The molecule has 9 heteroatoms. The number of anilines is 1. The number of alkyl halides is 3. The smallest absolute Gasteiger partial charge is 0.401 e. The Kier molecular flexibility index (Phi) is 4.50. The van der Waals surface area contributed by atoms with E-state index in [9.17, 15) is 18.0 Å². The number of rotatable bonds is 4. The van der Waals surface area contributed by atoms with Crippen molar-refractivity contribution in [3.8, 4) is 0 Å². The first-order chi connectivity index (χ1) is 10.9. The summed E-state index contributed by atoms with van der Waals surface area (Å²) in [4.78, 5) is 19.9. The average molecular weight is 349 g/mol. The SMILES string of the molecule is CCOC(=O)c1cnc(N2CC3CCC(C2)N3CC(F)(F)F)s1. The molecule has 2 atom stereocenters. The molecule has 0 radical (unpaired) electrons. The Hall–Kier alpha value is -1.35. The molecule has 0 aromatic carbocycles. The van der Waals surface area contributed by atoms with Gasteiger partial charge in [0.05, 0.1) is 19.3 Å². The van der Waals surface area contributed by atoms with Crippen LogP contribution >= 0.6 is 11.3 Å². The number of thiazole rings is 1. The van der Waals surface area contributed by atoms with Gasteiger partial charge in [-0.3, -0.25) is 4.90 Å². The molecule has 1 aromatic heterocycles. The summed E-state index contributed by atoms with van der Waals surface area (Å²) < 4.78 is 43.0. The van der Waals surface area contributed by atoms with Crippen molar-refractivity contribution < 1.29 is 22.7 Å². The lowest BCUT2D eigenvalue weighted by atomic mass is 10.2. The van der Waals surface area contributed by atoms with Crippen LogP contribution in [-0.2, 0) is 4.74 Å². The van der Waals surface area contributed by atoms with E-state index in [-0.39, 0.29) is 12.1 Å². The molecule has 2 bridgehead atoms. The van der Waals surface area contributed by atoms with Gasteiger partial charge in [0.25, 0.3) is 0 Å². The maximum atomic E-state index is 12.7. The van der Waals surface area contributed by atoms with E-state index in [1.54, 1.807) is 11.8 Å². The van der Waals surface area contributed by atoms with Gasteiger partial charge in [-0.25, -0.2) is 9.78 Å². The largest absolute Gasteiger partial charge is 0.462 e. The highest BCUT2D eigenvalue weighted by molar-refractivity contribution is 7.17. The van der Waals surface area contributed by atoms with Crippen LogP contribution in [-0.4, -0.2) is 60.4 Å². The first-order valence-corrected chi connectivity index (χ1v) is 8.39. The molecular formula is C14H18F3N3O2S. The molecule has 0 spiro atoms. The number of hydrogen-bond acceptors (Lipinski definition) is 6. The third kappa shape index (κ3) is 3.60. The van der Waals surface area contributed by atoms with Crippen LogP contribution in [0.1, 0.15) is 29.4 Å². The Morgan fingerprint density at radius 2 is 2.04 bits per heavy atom. The van der Waals surface area contributed by atoms with Gasteiger partial charge in [-0.1, -0.05) is 11.3 Å². The Balaban J connectivity index is 1.67. The quantitative estimate of drug-likeness (QED) is 0.782. The highest BCUT2D eigenvalue weighted by atomic mass is 32.1. The van der Waals surface area contributed by atoms with E-state index in [0.717, 1.165) is 12.8 Å². The number of hydrogen-bond donors (Lipinski definition) is 0. The Bertz CT molecular complexity index is 564. The fourth-order valence-electron chi connectivity index (χ4n) is 3.32. The molecule has 2 unspecified atom stereocenters. The molecule has 5 nitrogen and oxygen atoms in total. The van der Waals surface area contributed by atoms with E-state index >= 15 is 0 Å². The Labute approximate surface area is 136 Å². The maximum absolute atomic E-state index is 12.7. The van der Waals surface area contributed by atoms with Crippen molar-refractivity contribution >= 4 is 22.4 Å². The van der Waals surface area contributed by atoms with Crippen molar-refractivity contribution in [3.05, 3.63) is 11.1 Å². The van der Waals surface area contributed by atoms with Crippen LogP contribution in [0.3, 0.4) is 0 Å². The molecule has 2 aliphatic heterocycles. The van der Waals surface area contributed by atoms with Gasteiger partial charge in [-0.2, -0.15) is 13.2 Å². The molecule has 3 heterocycles. The van der Waals surface area contributed by atoms with Crippen LogP contribution < -0.4 is 4.90 Å². The number of carbonyl (C=O) groups is 1. The van der Waals surface area contributed by atoms with Crippen LogP contribution in [0.25, 0.3) is 0 Å². The topological polar surface area (TPSA) is 45.7 Å². The fourth-order valence-corrected chi connectivity index (χ4v) is 4.15. The fraction of sp³-hybridized carbons (Fsp3) is 0.714. The summed E-state index contributed by atoms with van der Waals surface area (Å²) in [5.41, 5.74) is 0. The summed E-state index contributed by atoms with van der Waals surface area (Å²) in [5.74, 6) is -0.407. The molecule has 128 valence electrons. The van der Waals surface area contributed by atoms with Gasteiger partial charge >= 0.3 is 12.1 Å². The number of halogens is 3. The summed E-state index contributed by atoms with van der Waals surface area (Å²) in [6.07, 6.45) is -1.15. The average Bonchev–Trinajstić information content (AvgIpc) is 3.01. The van der Waals surface area contributed by atoms with Crippen LogP contribution in [0.2, 0.25) is 0 Å². The molecule has 1 aromatic rings. The Morgan fingerprint density at radius 1 is 1.39 bits per heavy atom. The third-order valence-electron chi connectivity index (χ3n) is 4.24. The predicted octanol–water partition coefficient (Wildman–Crippen LogP) is 2.54. The molecule has 0 N–H and O–H groups in total. The number of esters is 1. The van der Waals surface area contributed by atoms with Crippen LogP contribution in [0.15, 0.2) is 6.20 Å². The lowest BCUT2D eigenvalue weighted by molar-refractivity contribution is -0.153.